The van der Waals surface area contributed by atoms with Gasteiger partial charge in [-0.1, -0.05) is 25.1 Å². The number of ether oxygens (including phenoxy) is 1. The number of hydrogen-bond acceptors (Lipinski definition) is 3. The number of benzene rings is 1. The van der Waals surface area contributed by atoms with Gasteiger partial charge in [0.15, 0.2) is 0 Å². The lowest BCUT2D eigenvalue weighted by Gasteiger charge is -2.19. The number of esters is 1. The van der Waals surface area contributed by atoms with Crippen LogP contribution in [-0.2, 0) is 20.7 Å². The van der Waals surface area contributed by atoms with Crippen molar-refractivity contribution < 1.29 is 14.3 Å². The van der Waals surface area contributed by atoms with Crippen molar-refractivity contribution in [3.05, 3.63) is 29.8 Å². The maximum Gasteiger partial charge on any atom is 0.397 e. The van der Waals surface area contributed by atoms with Crippen LogP contribution in [0.1, 0.15) is 33.3 Å². The maximum atomic E-state index is 11.7. The van der Waals surface area contributed by atoms with Gasteiger partial charge in [0.1, 0.15) is 5.60 Å². The van der Waals surface area contributed by atoms with Crippen LogP contribution in [-0.4, -0.2) is 17.5 Å². The predicted octanol–water partition coefficient (Wildman–Crippen LogP) is 2.53. The zero-order chi connectivity index (χ0) is 13.8. The van der Waals surface area contributed by atoms with Gasteiger partial charge in [0.25, 0.3) is 0 Å². The van der Waals surface area contributed by atoms with E-state index in [1.54, 1.807) is 26.8 Å². The molecule has 0 aliphatic rings. The summed E-state index contributed by atoms with van der Waals surface area (Å²) in [5.41, 5.74) is 0.962. The van der Waals surface area contributed by atoms with Crippen molar-refractivity contribution in [1.82, 2.24) is 0 Å². The largest absolute Gasteiger partial charge is 0.453 e. The number of nitrogens with one attached hydrogen (secondary N) is 1. The summed E-state index contributed by atoms with van der Waals surface area (Å²) in [7, 11) is 0. The van der Waals surface area contributed by atoms with Crippen LogP contribution in [0.15, 0.2) is 24.3 Å². The van der Waals surface area contributed by atoms with Gasteiger partial charge in [0, 0.05) is 5.69 Å². The van der Waals surface area contributed by atoms with Crippen molar-refractivity contribution in [2.24, 2.45) is 0 Å². The first-order valence-corrected chi connectivity index (χ1v) is 5.95. The molecule has 1 rings (SSSR count). The molecule has 1 amide bonds. The van der Waals surface area contributed by atoms with Gasteiger partial charge in [-0.3, -0.25) is 4.79 Å². The standard InChI is InChI=1S/C14H19NO3/c1-5-10-8-6-7-9-11(10)15-12(16)13(17)18-14(2,3)4/h6-9H,5H2,1-4H3,(H,15,16). The van der Waals surface area contributed by atoms with Crippen LogP contribution in [0.25, 0.3) is 0 Å². The smallest absolute Gasteiger partial charge is 0.397 e. The Kier molecular flexibility index (Phi) is 4.48. The number of para-hydroxylation sites is 1. The van der Waals surface area contributed by atoms with Gasteiger partial charge in [0.05, 0.1) is 0 Å². The number of hydrogen-bond donors (Lipinski definition) is 1. The summed E-state index contributed by atoms with van der Waals surface area (Å²) in [6, 6.07) is 7.37. The van der Waals surface area contributed by atoms with Gasteiger partial charge >= 0.3 is 11.9 Å². The Morgan fingerprint density at radius 1 is 1.22 bits per heavy atom. The first-order valence-electron chi connectivity index (χ1n) is 5.95. The van der Waals surface area contributed by atoms with Crippen LogP contribution in [0.3, 0.4) is 0 Å². The summed E-state index contributed by atoms with van der Waals surface area (Å²) in [4.78, 5) is 23.2. The summed E-state index contributed by atoms with van der Waals surface area (Å²) in [5, 5.41) is 2.57. The Hall–Kier alpha value is -1.84. The quantitative estimate of drug-likeness (QED) is 0.647. The molecular formula is C14H19NO3. The van der Waals surface area contributed by atoms with Gasteiger partial charge < -0.3 is 10.1 Å². The molecule has 0 spiro atoms. The minimum atomic E-state index is -0.867. The topological polar surface area (TPSA) is 55.4 Å². The van der Waals surface area contributed by atoms with E-state index >= 15 is 0 Å². The van der Waals surface area contributed by atoms with Gasteiger partial charge in [-0.05, 0) is 38.8 Å². The van der Waals surface area contributed by atoms with Crippen LogP contribution in [0.5, 0.6) is 0 Å². The monoisotopic (exact) mass is 249 g/mol. The molecule has 0 aliphatic carbocycles. The Balaban J connectivity index is 2.73. The number of anilines is 1. The maximum absolute atomic E-state index is 11.7. The molecule has 0 radical (unpaired) electrons. The van der Waals surface area contributed by atoms with Crippen molar-refractivity contribution in [2.75, 3.05) is 5.32 Å². The molecule has 0 aromatic heterocycles. The Morgan fingerprint density at radius 3 is 2.39 bits per heavy atom. The third kappa shape index (κ3) is 4.20. The summed E-state index contributed by atoms with van der Waals surface area (Å²) in [6.45, 7) is 7.15. The van der Waals surface area contributed by atoms with Gasteiger partial charge in [-0.2, -0.15) is 0 Å². The fraction of sp³-hybridized carbons (Fsp3) is 0.429. The molecule has 0 heterocycles. The molecule has 1 aromatic carbocycles. The molecule has 1 aromatic rings. The molecule has 0 saturated carbocycles. The van der Waals surface area contributed by atoms with E-state index in [1.165, 1.54) is 0 Å². The third-order valence-corrected chi connectivity index (χ3v) is 2.23. The van der Waals surface area contributed by atoms with Crippen molar-refractivity contribution in [3.63, 3.8) is 0 Å². The summed E-state index contributed by atoms with van der Waals surface area (Å²) >= 11 is 0. The normalized spacial score (nSPS) is 10.9. The van der Waals surface area contributed by atoms with E-state index in [2.05, 4.69) is 5.32 Å². The number of amides is 1. The fourth-order valence-corrected chi connectivity index (χ4v) is 1.45. The average molecular weight is 249 g/mol. The molecule has 0 fully saturated rings. The van der Waals surface area contributed by atoms with Crippen LogP contribution in [0.2, 0.25) is 0 Å². The summed E-state index contributed by atoms with van der Waals surface area (Å²) < 4.78 is 4.99. The lowest BCUT2D eigenvalue weighted by Crippen LogP contribution is -2.32. The molecule has 0 atom stereocenters. The van der Waals surface area contributed by atoms with E-state index in [0.717, 1.165) is 12.0 Å². The van der Waals surface area contributed by atoms with Crippen LogP contribution in [0, 0.1) is 0 Å². The second kappa shape index (κ2) is 5.67. The van der Waals surface area contributed by atoms with Crippen molar-refractivity contribution in [2.45, 2.75) is 39.7 Å². The first-order chi connectivity index (χ1) is 8.33. The van der Waals surface area contributed by atoms with Crippen molar-refractivity contribution in [3.8, 4) is 0 Å². The first kappa shape index (κ1) is 14.2. The Bertz CT molecular complexity index is 447. The number of carbonyl (C=O) groups is 2. The summed E-state index contributed by atoms with van der Waals surface area (Å²) in [5.74, 6) is -1.61. The Morgan fingerprint density at radius 2 is 1.83 bits per heavy atom. The molecule has 4 heteroatoms. The minimum Gasteiger partial charge on any atom is -0.453 e. The highest BCUT2D eigenvalue weighted by molar-refractivity contribution is 6.37. The zero-order valence-corrected chi connectivity index (χ0v) is 11.2. The molecule has 0 bridgehead atoms. The van der Waals surface area contributed by atoms with E-state index in [1.807, 2.05) is 25.1 Å². The highest BCUT2D eigenvalue weighted by Crippen LogP contribution is 2.16. The fourth-order valence-electron chi connectivity index (χ4n) is 1.45. The third-order valence-electron chi connectivity index (χ3n) is 2.23. The molecule has 0 unspecified atom stereocenters. The van der Waals surface area contributed by atoms with Crippen LogP contribution in [0.4, 0.5) is 5.69 Å². The molecule has 0 aliphatic heterocycles. The lowest BCUT2D eigenvalue weighted by molar-refractivity contribution is -0.161. The molecule has 98 valence electrons. The van der Waals surface area contributed by atoms with Crippen LogP contribution >= 0.6 is 0 Å². The average Bonchev–Trinajstić information content (AvgIpc) is 2.27. The summed E-state index contributed by atoms with van der Waals surface area (Å²) in [6.07, 6.45) is 0.783. The number of rotatable bonds is 2. The van der Waals surface area contributed by atoms with Crippen molar-refractivity contribution in [1.29, 1.82) is 0 Å². The SMILES string of the molecule is CCc1ccccc1NC(=O)C(=O)OC(C)(C)C. The van der Waals surface area contributed by atoms with Gasteiger partial charge in [0.2, 0.25) is 0 Å². The highest BCUT2D eigenvalue weighted by Gasteiger charge is 2.23. The van der Waals surface area contributed by atoms with E-state index in [-0.39, 0.29) is 0 Å². The van der Waals surface area contributed by atoms with Crippen LogP contribution < -0.4 is 5.32 Å². The Labute approximate surface area is 107 Å². The second-order valence-electron chi connectivity index (χ2n) is 4.97. The number of aryl methyl sites for hydroxylation is 1. The van der Waals surface area contributed by atoms with E-state index in [4.69, 9.17) is 4.74 Å². The zero-order valence-electron chi connectivity index (χ0n) is 11.2. The lowest BCUT2D eigenvalue weighted by atomic mass is 10.1. The van der Waals surface area contributed by atoms with E-state index in [0.29, 0.717) is 5.69 Å². The van der Waals surface area contributed by atoms with Gasteiger partial charge in [-0.25, -0.2) is 4.79 Å². The number of carbonyl (C=O) groups excluding carboxylic acids is 2. The molecule has 18 heavy (non-hydrogen) atoms. The molecule has 1 N–H and O–H groups in total. The second-order valence-corrected chi connectivity index (χ2v) is 4.97. The van der Waals surface area contributed by atoms with Gasteiger partial charge in [-0.15, -0.1) is 0 Å². The molecular weight excluding hydrogens is 230 g/mol. The van der Waals surface area contributed by atoms with E-state index in [9.17, 15) is 9.59 Å². The van der Waals surface area contributed by atoms with E-state index < -0.39 is 17.5 Å². The molecule has 0 saturated heterocycles. The predicted molar refractivity (Wildman–Crippen MR) is 70.3 cm³/mol. The van der Waals surface area contributed by atoms with Crippen molar-refractivity contribution >= 4 is 17.6 Å². The minimum absolute atomic E-state index is 0.649. The molecule has 4 nitrogen and oxygen atoms in total. The highest BCUT2D eigenvalue weighted by atomic mass is 16.6.